The van der Waals surface area contributed by atoms with Gasteiger partial charge in [0.1, 0.15) is 11.3 Å². The van der Waals surface area contributed by atoms with Gasteiger partial charge >= 0.3 is 5.69 Å². The van der Waals surface area contributed by atoms with Gasteiger partial charge in [-0.05, 0) is 24.3 Å². The Bertz CT molecular complexity index is 834. The minimum absolute atomic E-state index is 0.00774. The molecule has 0 N–H and O–H groups in total. The lowest BCUT2D eigenvalue weighted by Gasteiger charge is -2.12. The number of alkyl halides is 1. The van der Waals surface area contributed by atoms with Crippen molar-refractivity contribution in [1.29, 1.82) is 0 Å². The second-order valence-electron chi connectivity index (χ2n) is 4.72. The van der Waals surface area contributed by atoms with E-state index in [9.17, 15) is 14.4 Å². The fraction of sp³-hybridized carbons (Fsp3) is 0.267. The molecule has 22 heavy (non-hydrogen) atoms. The molecule has 1 aromatic carbocycles. The molecule has 0 aliphatic heterocycles. The zero-order valence-electron chi connectivity index (χ0n) is 12.4. The molecule has 2 rings (SSSR count). The Kier molecular flexibility index (Phi) is 4.65. The van der Waals surface area contributed by atoms with Gasteiger partial charge in [0, 0.05) is 30.7 Å². The van der Waals surface area contributed by atoms with Crippen LogP contribution in [0, 0.1) is 0 Å². The Balaban J connectivity index is 2.67. The zero-order chi connectivity index (χ0) is 16.4. The number of carbonyl (C=O) groups is 1. The summed E-state index contributed by atoms with van der Waals surface area (Å²) in [6.07, 6.45) is 0. The van der Waals surface area contributed by atoms with Crippen molar-refractivity contribution >= 4 is 21.7 Å². The molecule has 1 heterocycles. The second-order valence-corrected chi connectivity index (χ2v) is 5.28. The molecule has 116 valence electrons. The first-order valence-corrected chi connectivity index (χ1v) is 7.58. The molecule has 2 aromatic rings. The molecule has 0 unspecified atom stereocenters. The summed E-state index contributed by atoms with van der Waals surface area (Å²) in [5, 5.41) is 0.228. The van der Waals surface area contributed by atoms with E-state index in [0.29, 0.717) is 17.0 Å². The molecule has 0 amide bonds. The number of ether oxygens (including phenoxy) is 1. The topological polar surface area (TPSA) is 70.3 Å². The average molecular weight is 367 g/mol. The SMILES string of the molecule is COc1ccc(C(=O)c2c(CBr)n(C)c(=O)n(C)c2=O)cc1. The van der Waals surface area contributed by atoms with Crippen molar-refractivity contribution in [3.63, 3.8) is 0 Å². The molecule has 0 aliphatic carbocycles. The molecule has 0 atom stereocenters. The van der Waals surface area contributed by atoms with Crippen LogP contribution >= 0.6 is 15.9 Å². The van der Waals surface area contributed by atoms with Crippen molar-refractivity contribution in [2.45, 2.75) is 5.33 Å². The van der Waals surface area contributed by atoms with E-state index in [4.69, 9.17) is 4.74 Å². The first kappa shape index (κ1) is 16.2. The minimum Gasteiger partial charge on any atom is -0.497 e. The van der Waals surface area contributed by atoms with Crippen molar-refractivity contribution in [3.8, 4) is 5.75 Å². The monoisotopic (exact) mass is 366 g/mol. The van der Waals surface area contributed by atoms with Gasteiger partial charge in [-0.1, -0.05) is 15.9 Å². The normalized spacial score (nSPS) is 10.5. The molecule has 0 bridgehead atoms. The van der Waals surface area contributed by atoms with Crippen LogP contribution in [-0.2, 0) is 19.4 Å². The molecule has 6 nitrogen and oxygen atoms in total. The Labute approximate surface area is 135 Å². The zero-order valence-corrected chi connectivity index (χ0v) is 14.0. The van der Waals surface area contributed by atoms with Crippen LogP contribution in [0.25, 0.3) is 0 Å². The Morgan fingerprint density at radius 2 is 1.73 bits per heavy atom. The Morgan fingerprint density at radius 1 is 1.14 bits per heavy atom. The van der Waals surface area contributed by atoms with Crippen molar-refractivity contribution in [1.82, 2.24) is 9.13 Å². The van der Waals surface area contributed by atoms with Crippen LogP contribution in [0.2, 0.25) is 0 Å². The van der Waals surface area contributed by atoms with Crippen LogP contribution in [-0.4, -0.2) is 22.0 Å². The maximum absolute atomic E-state index is 12.7. The van der Waals surface area contributed by atoms with Crippen LogP contribution < -0.4 is 16.0 Å². The summed E-state index contributed by atoms with van der Waals surface area (Å²) in [5.41, 5.74) is -0.358. The van der Waals surface area contributed by atoms with E-state index in [1.54, 1.807) is 24.3 Å². The highest BCUT2D eigenvalue weighted by molar-refractivity contribution is 9.08. The van der Waals surface area contributed by atoms with Crippen molar-refractivity contribution < 1.29 is 9.53 Å². The molecule has 0 aliphatic rings. The van der Waals surface area contributed by atoms with Crippen molar-refractivity contribution in [2.75, 3.05) is 7.11 Å². The largest absolute Gasteiger partial charge is 0.497 e. The van der Waals surface area contributed by atoms with Gasteiger partial charge in [-0.2, -0.15) is 0 Å². The second kappa shape index (κ2) is 6.31. The van der Waals surface area contributed by atoms with Crippen LogP contribution in [0.5, 0.6) is 5.75 Å². The number of aromatic nitrogens is 2. The lowest BCUT2D eigenvalue weighted by atomic mass is 10.0. The maximum atomic E-state index is 12.7. The first-order chi connectivity index (χ1) is 10.4. The number of benzene rings is 1. The molecule has 0 radical (unpaired) electrons. The summed E-state index contributed by atoms with van der Waals surface area (Å²) in [5.74, 6) is 0.193. The van der Waals surface area contributed by atoms with Gasteiger partial charge in [0.15, 0.2) is 5.78 Å². The molecule has 1 aromatic heterocycles. The number of methoxy groups -OCH3 is 1. The maximum Gasteiger partial charge on any atom is 0.330 e. The van der Waals surface area contributed by atoms with Gasteiger partial charge < -0.3 is 4.74 Å². The van der Waals surface area contributed by atoms with E-state index in [-0.39, 0.29) is 10.9 Å². The molecule has 7 heteroatoms. The minimum atomic E-state index is -0.599. The summed E-state index contributed by atoms with van der Waals surface area (Å²) in [6.45, 7) is 0. The number of hydrogen-bond acceptors (Lipinski definition) is 4. The van der Waals surface area contributed by atoms with Crippen molar-refractivity contribution in [2.24, 2.45) is 14.1 Å². The fourth-order valence-corrected chi connectivity index (χ4v) is 2.81. The fourth-order valence-electron chi connectivity index (χ4n) is 2.16. The van der Waals surface area contributed by atoms with Crippen LogP contribution in [0.15, 0.2) is 33.9 Å². The van der Waals surface area contributed by atoms with E-state index in [1.165, 1.54) is 25.8 Å². The molecule has 0 saturated carbocycles. The number of ketones is 1. The predicted octanol–water partition coefficient (Wildman–Crippen LogP) is 1.22. The van der Waals surface area contributed by atoms with Crippen molar-refractivity contribution in [3.05, 3.63) is 61.9 Å². The Morgan fingerprint density at radius 3 is 2.23 bits per heavy atom. The summed E-state index contributed by atoms with van der Waals surface area (Å²) in [7, 11) is 4.42. The summed E-state index contributed by atoms with van der Waals surface area (Å²) in [6, 6.07) is 6.47. The van der Waals surface area contributed by atoms with E-state index in [2.05, 4.69) is 15.9 Å². The molecule has 0 spiro atoms. The summed E-state index contributed by atoms with van der Waals surface area (Å²) >= 11 is 3.24. The van der Waals surface area contributed by atoms with E-state index >= 15 is 0 Å². The number of halogens is 1. The lowest BCUT2D eigenvalue weighted by molar-refractivity contribution is 0.103. The van der Waals surface area contributed by atoms with Crippen LogP contribution in [0.3, 0.4) is 0 Å². The number of carbonyl (C=O) groups excluding carboxylic acids is 1. The highest BCUT2D eigenvalue weighted by Crippen LogP contribution is 2.16. The lowest BCUT2D eigenvalue weighted by Crippen LogP contribution is -2.42. The smallest absolute Gasteiger partial charge is 0.330 e. The number of hydrogen-bond donors (Lipinski definition) is 0. The van der Waals surface area contributed by atoms with Gasteiger partial charge in [-0.15, -0.1) is 0 Å². The van der Waals surface area contributed by atoms with Crippen LogP contribution in [0.4, 0.5) is 0 Å². The third-order valence-electron chi connectivity index (χ3n) is 3.49. The summed E-state index contributed by atoms with van der Waals surface area (Å²) in [4.78, 5) is 37.0. The van der Waals surface area contributed by atoms with Gasteiger partial charge in [0.2, 0.25) is 0 Å². The molecule has 0 fully saturated rings. The predicted molar refractivity (Wildman–Crippen MR) is 86.0 cm³/mol. The quantitative estimate of drug-likeness (QED) is 0.602. The van der Waals surface area contributed by atoms with Gasteiger partial charge in [0.05, 0.1) is 7.11 Å². The third-order valence-corrected chi connectivity index (χ3v) is 4.02. The van der Waals surface area contributed by atoms with Gasteiger partial charge in [-0.3, -0.25) is 18.7 Å². The number of nitrogens with zero attached hydrogens (tertiary/aromatic N) is 2. The first-order valence-electron chi connectivity index (χ1n) is 6.46. The highest BCUT2D eigenvalue weighted by atomic mass is 79.9. The van der Waals surface area contributed by atoms with Gasteiger partial charge in [0.25, 0.3) is 5.56 Å². The van der Waals surface area contributed by atoms with Gasteiger partial charge in [-0.25, -0.2) is 4.79 Å². The summed E-state index contributed by atoms with van der Waals surface area (Å²) < 4.78 is 7.28. The standard InChI is InChI=1S/C15H15BrN2O4/c1-17-11(8-16)12(14(20)18(2)15(17)21)13(19)9-4-6-10(22-3)7-5-9/h4-7H,8H2,1-3H3. The van der Waals surface area contributed by atoms with Crippen LogP contribution in [0.1, 0.15) is 21.6 Å². The molecule has 0 saturated heterocycles. The number of rotatable bonds is 4. The average Bonchev–Trinajstić information content (AvgIpc) is 2.55. The van der Waals surface area contributed by atoms with E-state index < -0.39 is 17.0 Å². The molecular weight excluding hydrogens is 352 g/mol. The van der Waals surface area contributed by atoms with E-state index in [1.807, 2.05) is 0 Å². The van der Waals surface area contributed by atoms with E-state index in [0.717, 1.165) is 4.57 Å². The third kappa shape index (κ3) is 2.64. The highest BCUT2D eigenvalue weighted by Gasteiger charge is 2.22. The Hall–Kier alpha value is -2.15. The molecular formula is C15H15BrN2O4.